The first-order valence-electron chi connectivity index (χ1n) is 9.51. The van der Waals surface area contributed by atoms with Gasteiger partial charge in [-0.25, -0.2) is 4.98 Å². The first-order valence-corrected chi connectivity index (χ1v) is 9.51. The summed E-state index contributed by atoms with van der Waals surface area (Å²) in [5, 5.41) is 17.1. The van der Waals surface area contributed by atoms with E-state index in [1.807, 2.05) is 46.1 Å². The van der Waals surface area contributed by atoms with Crippen LogP contribution in [0, 0.1) is 0 Å². The number of aromatic nitrogens is 7. The largest absolute Gasteiger partial charge is 0.343 e. The summed E-state index contributed by atoms with van der Waals surface area (Å²) in [6.07, 6.45) is 5.85. The maximum Gasteiger partial charge on any atom is 0.273 e. The average Bonchev–Trinajstić information content (AvgIpc) is 3.39. The molecule has 4 aromatic rings. The van der Waals surface area contributed by atoms with E-state index in [0.29, 0.717) is 24.7 Å². The van der Waals surface area contributed by atoms with Crippen LogP contribution in [0.4, 0.5) is 0 Å². The summed E-state index contributed by atoms with van der Waals surface area (Å²) in [5.41, 5.74) is 2.13. The second-order valence-corrected chi connectivity index (χ2v) is 7.09. The van der Waals surface area contributed by atoms with Gasteiger partial charge in [0.05, 0.1) is 24.0 Å². The second-order valence-electron chi connectivity index (χ2n) is 7.09. The van der Waals surface area contributed by atoms with Gasteiger partial charge >= 0.3 is 0 Å². The van der Waals surface area contributed by atoms with E-state index in [1.54, 1.807) is 10.7 Å². The van der Waals surface area contributed by atoms with Crippen molar-refractivity contribution in [1.82, 2.24) is 39.7 Å². The summed E-state index contributed by atoms with van der Waals surface area (Å²) in [6.45, 7) is 2.09. The molecular formula is C19H20N8O. The molecule has 28 heavy (non-hydrogen) atoms. The number of hydrogen-bond acceptors (Lipinski definition) is 6. The number of para-hydroxylation sites is 1. The van der Waals surface area contributed by atoms with E-state index >= 15 is 0 Å². The van der Waals surface area contributed by atoms with Crippen molar-refractivity contribution >= 4 is 22.6 Å². The summed E-state index contributed by atoms with van der Waals surface area (Å²) in [7, 11) is 0. The van der Waals surface area contributed by atoms with Crippen LogP contribution >= 0.6 is 0 Å². The van der Waals surface area contributed by atoms with Crippen LogP contribution in [-0.2, 0) is 11.3 Å². The molecule has 5 rings (SSSR count). The molecule has 1 aliphatic heterocycles. The van der Waals surface area contributed by atoms with Crippen molar-refractivity contribution in [3.05, 3.63) is 48.4 Å². The molecule has 0 bridgehead atoms. The van der Waals surface area contributed by atoms with Gasteiger partial charge in [-0.1, -0.05) is 23.3 Å². The zero-order chi connectivity index (χ0) is 18.9. The highest BCUT2D eigenvalue weighted by atomic mass is 16.2. The van der Waals surface area contributed by atoms with Crippen LogP contribution in [0.3, 0.4) is 0 Å². The predicted molar refractivity (Wildman–Crippen MR) is 101 cm³/mol. The zero-order valence-electron chi connectivity index (χ0n) is 15.3. The number of rotatable bonds is 4. The average molecular weight is 376 g/mol. The van der Waals surface area contributed by atoms with Gasteiger partial charge in [-0.2, -0.15) is 9.61 Å². The Bertz CT molecular complexity index is 1130. The van der Waals surface area contributed by atoms with E-state index in [9.17, 15) is 4.79 Å². The van der Waals surface area contributed by atoms with E-state index < -0.39 is 0 Å². The van der Waals surface area contributed by atoms with Crippen molar-refractivity contribution in [2.45, 2.75) is 31.7 Å². The Balaban J connectivity index is 1.21. The highest BCUT2D eigenvalue weighted by molar-refractivity contribution is 5.79. The number of hydrogen-bond donors (Lipinski definition) is 0. The van der Waals surface area contributed by atoms with Gasteiger partial charge in [0.15, 0.2) is 0 Å². The molecule has 0 unspecified atom stereocenters. The first kappa shape index (κ1) is 16.8. The molecular weight excluding hydrogens is 356 g/mol. The summed E-state index contributed by atoms with van der Waals surface area (Å²) in [6, 6.07) is 10.0. The lowest BCUT2D eigenvalue weighted by molar-refractivity contribution is -0.132. The molecule has 142 valence electrons. The lowest BCUT2D eigenvalue weighted by Gasteiger charge is -2.32. The Morgan fingerprint density at radius 3 is 2.89 bits per heavy atom. The maximum atomic E-state index is 12.7. The number of amides is 1. The van der Waals surface area contributed by atoms with Crippen LogP contribution < -0.4 is 0 Å². The SMILES string of the molecule is O=C(CCn1ncc2ccccc21)N1CCC(c2ccnc3nnnn23)CC1. The Labute approximate surface area is 161 Å². The van der Waals surface area contributed by atoms with Crippen LogP contribution in [0.2, 0.25) is 0 Å². The minimum absolute atomic E-state index is 0.181. The Hall–Kier alpha value is -3.36. The van der Waals surface area contributed by atoms with Crippen molar-refractivity contribution in [3.8, 4) is 0 Å². The standard InChI is InChI=1S/C19H20N8O/c28-18(8-12-26-16-4-2-1-3-15(16)13-21-26)25-10-6-14(7-11-25)17-5-9-20-19-22-23-24-27(17)19/h1-5,9,13-14H,6-8,10-12H2. The summed E-state index contributed by atoms with van der Waals surface area (Å²) < 4.78 is 3.61. The number of aryl methyl sites for hydroxylation is 1. The van der Waals surface area contributed by atoms with Crippen LogP contribution in [0.1, 0.15) is 30.9 Å². The smallest absolute Gasteiger partial charge is 0.273 e. The first-order chi connectivity index (χ1) is 13.8. The number of benzene rings is 1. The third-order valence-corrected chi connectivity index (χ3v) is 5.49. The Morgan fingerprint density at radius 1 is 1.14 bits per heavy atom. The number of nitrogens with zero attached hydrogens (tertiary/aromatic N) is 8. The molecule has 9 heteroatoms. The van der Waals surface area contributed by atoms with Crippen molar-refractivity contribution in [1.29, 1.82) is 0 Å². The van der Waals surface area contributed by atoms with E-state index in [1.165, 1.54) is 0 Å². The molecule has 1 amide bonds. The number of fused-ring (bicyclic) bond motifs is 2. The van der Waals surface area contributed by atoms with Crippen molar-refractivity contribution in [2.75, 3.05) is 13.1 Å². The van der Waals surface area contributed by atoms with Crippen LogP contribution in [0.25, 0.3) is 16.7 Å². The molecule has 0 N–H and O–H groups in total. The molecule has 3 aromatic heterocycles. The van der Waals surface area contributed by atoms with Crippen molar-refractivity contribution in [2.24, 2.45) is 0 Å². The molecule has 1 aliphatic rings. The second kappa shape index (κ2) is 6.99. The van der Waals surface area contributed by atoms with E-state index in [4.69, 9.17) is 0 Å². The van der Waals surface area contributed by atoms with Crippen LogP contribution in [0.5, 0.6) is 0 Å². The topological polar surface area (TPSA) is 94.1 Å². The minimum atomic E-state index is 0.181. The lowest BCUT2D eigenvalue weighted by Crippen LogP contribution is -2.38. The van der Waals surface area contributed by atoms with Gasteiger partial charge in [0.25, 0.3) is 5.78 Å². The van der Waals surface area contributed by atoms with Gasteiger partial charge in [-0.15, -0.1) is 0 Å². The lowest BCUT2D eigenvalue weighted by atomic mass is 9.93. The molecule has 0 aliphatic carbocycles. The number of tetrazole rings is 1. The molecule has 0 atom stereocenters. The molecule has 1 fully saturated rings. The maximum absolute atomic E-state index is 12.7. The van der Waals surface area contributed by atoms with E-state index in [2.05, 4.69) is 25.6 Å². The third kappa shape index (κ3) is 2.98. The number of likely N-dealkylation sites (tertiary alicyclic amines) is 1. The van der Waals surface area contributed by atoms with Crippen LogP contribution in [-0.4, -0.2) is 58.7 Å². The Morgan fingerprint density at radius 2 is 2.00 bits per heavy atom. The predicted octanol–water partition coefficient (Wildman–Crippen LogP) is 1.67. The fraction of sp³-hybridized carbons (Fsp3) is 0.368. The molecule has 0 radical (unpaired) electrons. The molecule has 4 heterocycles. The van der Waals surface area contributed by atoms with Gasteiger partial charge < -0.3 is 4.90 Å². The quantitative estimate of drug-likeness (QED) is 0.538. The zero-order valence-corrected chi connectivity index (χ0v) is 15.3. The van der Waals surface area contributed by atoms with Crippen LogP contribution in [0.15, 0.2) is 42.7 Å². The summed E-state index contributed by atoms with van der Waals surface area (Å²) >= 11 is 0. The van der Waals surface area contributed by atoms with Gasteiger partial charge in [0, 0.05) is 37.0 Å². The van der Waals surface area contributed by atoms with Gasteiger partial charge in [0.2, 0.25) is 5.91 Å². The monoisotopic (exact) mass is 376 g/mol. The molecule has 0 saturated carbocycles. The molecule has 0 spiro atoms. The third-order valence-electron chi connectivity index (χ3n) is 5.49. The normalized spacial score (nSPS) is 15.5. The molecule has 1 saturated heterocycles. The van der Waals surface area contributed by atoms with Crippen molar-refractivity contribution < 1.29 is 4.79 Å². The molecule has 9 nitrogen and oxygen atoms in total. The van der Waals surface area contributed by atoms with Gasteiger partial charge in [-0.05, 0) is 35.4 Å². The fourth-order valence-electron chi connectivity index (χ4n) is 3.98. The Kier molecular flexibility index (Phi) is 4.19. The number of piperidine rings is 1. The summed E-state index contributed by atoms with van der Waals surface area (Å²) in [5.74, 6) is 1.02. The number of carbonyl (C=O) groups is 1. The molecule has 1 aromatic carbocycles. The highest BCUT2D eigenvalue weighted by Gasteiger charge is 2.25. The van der Waals surface area contributed by atoms with Gasteiger partial charge in [0.1, 0.15) is 0 Å². The number of carbonyl (C=O) groups excluding carboxylic acids is 1. The van der Waals surface area contributed by atoms with E-state index in [-0.39, 0.29) is 5.91 Å². The fourth-order valence-corrected chi connectivity index (χ4v) is 3.98. The summed E-state index contributed by atoms with van der Waals surface area (Å²) in [4.78, 5) is 18.8. The van der Waals surface area contributed by atoms with Gasteiger partial charge in [-0.3, -0.25) is 9.48 Å². The minimum Gasteiger partial charge on any atom is -0.343 e. The van der Waals surface area contributed by atoms with Crippen molar-refractivity contribution in [3.63, 3.8) is 0 Å². The highest BCUT2D eigenvalue weighted by Crippen LogP contribution is 2.27. The van der Waals surface area contributed by atoms with E-state index in [0.717, 1.165) is 42.5 Å².